The molecule has 132 valence electrons. The fourth-order valence-corrected chi connectivity index (χ4v) is 3.39. The SMILES string of the molecule is N#Cc1cnc2c(c1)CCC[C@H]2Nc1ccc2[nH]nc(C(F)(F)F)c2c1. The lowest BCUT2D eigenvalue weighted by molar-refractivity contribution is -0.139. The number of hydrogen-bond acceptors (Lipinski definition) is 4. The van der Waals surface area contributed by atoms with Gasteiger partial charge in [0.2, 0.25) is 0 Å². The largest absolute Gasteiger partial charge is 0.435 e. The molecule has 1 aromatic carbocycles. The van der Waals surface area contributed by atoms with E-state index in [0.29, 0.717) is 16.8 Å². The number of aryl methyl sites for hydroxylation is 1. The van der Waals surface area contributed by atoms with E-state index in [1.807, 2.05) is 6.07 Å². The second kappa shape index (κ2) is 6.02. The molecule has 0 amide bonds. The molecule has 0 bridgehead atoms. The van der Waals surface area contributed by atoms with Crippen LogP contribution >= 0.6 is 0 Å². The van der Waals surface area contributed by atoms with Crippen molar-refractivity contribution in [3.05, 3.63) is 53.0 Å². The van der Waals surface area contributed by atoms with Gasteiger partial charge in [-0.15, -0.1) is 0 Å². The van der Waals surface area contributed by atoms with Gasteiger partial charge >= 0.3 is 6.18 Å². The van der Waals surface area contributed by atoms with Gasteiger partial charge in [-0.2, -0.15) is 23.5 Å². The minimum atomic E-state index is -4.51. The highest BCUT2D eigenvalue weighted by molar-refractivity contribution is 5.85. The maximum atomic E-state index is 13.1. The first kappa shape index (κ1) is 16.4. The predicted molar refractivity (Wildman–Crippen MR) is 89.3 cm³/mol. The lowest BCUT2D eigenvalue weighted by Gasteiger charge is -2.26. The van der Waals surface area contributed by atoms with Gasteiger partial charge in [0.05, 0.1) is 22.8 Å². The molecule has 1 atom stereocenters. The molecule has 4 rings (SSSR count). The summed E-state index contributed by atoms with van der Waals surface area (Å²) >= 11 is 0. The van der Waals surface area contributed by atoms with E-state index < -0.39 is 11.9 Å². The molecular formula is C18H14F3N5. The smallest absolute Gasteiger partial charge is 0.377 e. The van der Waals surface area contributed by atoms with Crippen molar-refractivity contribution in [2.24, 2.45) is 0 Å². The van der Waals surface area contributed by atoms with E-state index in [1.165, 1.54) is 12.3 Å². The van der Waals surface area contributed by atoms with Crippen LogP contribution in [0.4, 0.5) is 18.9 Å². The van der Waals surface area contributed by atoms with Crippen LogP contribution in [0.2, 0.25) is 0 Å². The summed E-state index contributed by atoms with van der Waals surface area (Å²) in [4.78, 5) is 4.39. The first-order chi connectivity index (χ1) is 12.5. The monoisotopic (exact) mass is 357 g/mol. The topological polar surface area (TPSA) is 77.4 Å². The summed E-state index contributed by atoms with van der Waals surface area (Å²) in [7, 11) is 0. The van der Waals surface area contributed by atoms with E-state index in [0.717, 1.165) is 30.5 Å². The summed E-state index contributed by atoms with van der Waals surface area (Å²) in [6, 6.07) is 8.56. The van der Waals surface area contributed by atoms with E-state index in [2.05, 4.69) is 26.6 Å². The van der Waals surface area contributed by atoms with Crippen molar-refractivity contribution >= 4 is 16.6 Å². The number of nitriles is 1. The molecule has 2 N–H and O–H groups in total. The molecule has 0 unspecified atom stereocenters. The molecule has 3 aromatic rings. The average Bonchev–Trinajstić information content (AvgIpc) is 3.05. The Kier molecular flexibility index (Phi) is 3.80. The zero-order valence-corrected chi connectivity index (χ0v) is 13.6. The second-order valence-corrected chi connectivity index (χ2v) is 6.30. The lowest BCUT2D eigenvalue weighted by atomic mass is 9.91. The van der Waals surface area contributed by atoms with Crippen molar-refractivity contribution < 1.29 is 13.2 Å². The van der Waals surface area contributed by atoms with Crippen LogP contribution in [0.25, 0.3) is 10.9 Å². The highest BCUT2D eigenvalue weighted by atomic mass is 19.4. The highest BCUT2D eigenvalue weighted by Crippen LogP contribution is 2.36. The summed E-state index contributed by atoms with van der Waals surface area (Å²) < 4.78 is 39.2. The van der Waals surface area contributed by atoms with Crippen LogP contribution in [0.1, 0.15) is 41.4 Å². The van der Waals surface area contributed by atoms with Crippen LogP contribution < -0.4 is 5.32 Å². The van der Waals surface area contributed by atoms with Gasteiger partial charge in [0.1, 0.15) is 6.07 Å². The number of anilines is 1. The van der Waals surface area contributed by atoms with Gasteiger partial charge in [-0.25, -0.2) is 0 Å². The molecule has 0 saturated heterocycles. The third-order valence-electron chi connectivity index (χ3n) is 4.57. The molecule has 8 heteroatoms. The maximum Gasteiger partial charge on any atom is 0.435 e. The Morgan fingerprint density at radius 1 is 1.27 bits per heavy atom. The number of aromatic amines is 1. The number of nitrogens with zero attached hydrogens (tertiary/aromatic N) is 3. The van der Waals surface area contributed by atoms with Crippen molar-refractivity contribution in [3.8, 4) is 6.07 Å². The summed E-state index contributed by atoms with van der Waals surface area (Å²) in [5.74, 6) is 0. The van der Waals surface area contributed by atoms with Crippen molar-refractivity contribution in [3.63, 3.8) is 0 Å². The quantitative estimate of drug-likeness (QED) is 0.715. The van der Waals surface area contributed by atoms with Crippen LogP contribution in [0.3, 0.4) is 0 Å². The van der Waals surface area contributed by atoms with Crippen LogP contribution in [-0.4, -0.2) is 15.2 Å². The predicted octanol–water partition coefficient (Wildman–Crippen LogP) is 4.34. The first-order valence-electron chi connectivity index (χ1n) is 8.16. The number of pyridine rings is 1. The van der Waals surface area contributed by atoms with E-state index in [4.69, 9.17) is 5.26 Å². The summed E-state index contributed by atoms with van der Waals surface area (Å²) in [5, 5.41) is 18.1. The van der Waals surface area contributed by atoms with Gasteiger partial charge in [0.15, 0.2) is 5.69 Å². The summed E-state index contributed by atoms with van der Waals surface area (Å²) in [6.07, 6.45) is -0.400. The van der Waals surface area contributed by atoms with Crippen LogP contribution in [0.5, 0.6) is 0 Å². The molecule has 1 aliphatic rings. The minimum Gasteiger partial charge on any atom is -0.377 e. The van der Waals surface area contributed by atoms with Crippen molar-refractivity contribution in [2.45, 2.75) is 31.5 Å². The van der Waals surface area contributed by atoms with Crippen LogP contribution in [-0.2, 0) is 12.6 Å². The van der Waals surface area contributed by atoms with Crippen molar-refractivity contribution in [2.75, 3.05) is 5.32 Å². The Morgan fingerprint density at radius 3 is 2.88 bits per heavy atom. The zero-order valence-electron chi connectivity index (χ0n) is 13.6. The third-order valence-corrected chi connectivity index (χ3v) is 4.57. The Hall–Kier alpha value is -3.08. The number of hydrogen-bond donors (Lipinski definition) is 2. The van der Waals surface area contributed by atoms with E-state index >= 15 is 0 Å². The highest BCUT2D eigenvalue weighted by Gasteiger charge is 2.36. The average molecular weight is 357 g/mol. The lowest BCUT2D eigenvalue weighted by Crippen LogP contribution is -2.19. The molecule has 1 aliphatic carbocycles. The van der Waals surface area contributed by atoms with Gasteiger partial charge in [-0.05, 0) is 49.1 Å². The maximum absolute atomic E-state index is 13.1. The van der Waals surface area contributed by atoms with Gasteiger partial charge in [-0.1, -0.05) is 0 Å². The first-order valence-corrected chi connectivity index (χ1v) is 8.16. The van der Waals surface area contributed by atoms with Gasteiger partial charge in [-0.3, -0.25) is 10.1 Å². The number of rotatable bonds is 2. The number of alkyl halides is 3. The fraction of sp³-hybridized carbons (Fsp3) is 0.278. The molecule has 2 aromatic heterocycles. The van der Waals surface area contributed by atoms with Gasteiger partial charge in [0, 0.05) is 17.3 Å². The van der Waals surface area contributed by atoms with Gasteiger partial charge < -0.3 is 5.32 Å². The van der Waals surface area contributed by atoms with Crippen molar-refractivity contribution in [1.82, 2.24) is 15.2 Å². The zero-order chi connectivity index (χ0) is 18.3. The molecule has 0 spiro atoms. The number of halogens is 3. The third kappa shape index (κ3) is 2.86. The minimum absolute atomic E-state index is 0.0336. The molecule has 0 radical (unpaired) electrons. The molecule has 5 nitrogen and oxygen atoms in total. The summed E-state index contributed by atoms with van der Waals surface area (Å²) in [6.45, 7) is 0. The number of nitrogens with one attached hydrogen (secondary N) is 2. The fourth-order valence-electron chi connectivity index (χ4n) is 3.39. The number of fused-ring (bicyclic) bond motifs is 2. The Balaban J connectivity index is 1.67. The molecule has 26 heavy (non-hydrogen) atoms. The Labute approximate surface area is 146 Å². The van der Waals surface area contributed by atoms with Crippen LogP contribution in [0, 0.1) is 11.3 Å². The number of aromatic nitrogens is 3. The van der Waals surface area contributed by atoms with E-state index in [-0.39, 0.29) is 11.4 Å². The number of H-pyrrole nitrogens is 1. The molecular weight excluding hydrogens is 343 g/mol. The van der Waals surface area contributed by atoms with Crippen molar-refractivity contribution in [1.29, 1.82) is 5.26 Å². The second-order valence-electron chi connectivity index (χ2n) is 6.30. The van der Waals surface area contributed by atoms with Crippen LogP contribution in [0.15, 0.2) is 30.5 Å². The van der Waals surface area contributed by atoms with Gasteiger partial charge in [0.25, 0.3) is 0 Å². The summed E-state index contributed by atoms with van der Waals surface area (Å²) in [5.41, 5.74) is 2.36. The molecule has 0 fully saturated rings. The van der Waals surface area contributed by atoms with E-state index in [1.54, 1.807) is 12.1 Å². The molecule has 0 aliphatic heterocycles. The normalized spacial score (nSPS) is 16.9. The number of benzene rings is 1. The molecule has 0 saturated carbocycles. The standard InChI is InChI=1S/C18H14F3N5/c19-18(20,21)17-13-7-12(4-5-14(13)25-26-17)24-15-3-1-2-11-6-10(8-22)9-23-16(11)15/h4-7,9,15,24H,1-3H2,(H,25,26)/t15-/m1/s1. The van der Waals surface area contributed by atoms with E-state index in [9.17, 15) is 13.2 Å². The Morgan fingerprint density at radius 2 is 2.12 bits per heavy atom. The molecule has 2 heterocycles. The Bertz CT molecular complexity index is 1020.